The van der Waals surface area contributed by atoms with Gasteiger partial charge in [-0.3, -0.25) is 19.7 Å². The fourth-order valence-electron chi connectivity index (χ4n) is 3.54. The Hall–Kier alpha value is -2.09. The first kappa shape index (κ1) is 11.7. The van der Waals surface area contributed by atoms with Crippen LogP contribution < -0.4 is 4.90 Å². The van der Waals surface area contributed by atoms with Gasteiger partial charge < -0.3 is 0 Å². The number of thiazole rings is 1. The van der Waals surface area contributed by atoms with Crippen LogP contribution in [0.2, 0.25) is 0 Å². The fourth-order valence-corrected chi connectivity index (χ4v) is 4.28. The number of allylic oxidation sites excluding steroid dienone is 2. The van der Waals surface area contributed by atoms with Gasteiger partial charge in [0, 0.05) is 0 Å². The van der Waals surface area contributed by atoms with Crippen LogP contribution in [-0.2, 0) is 9.59 Å². The molecule has 1 aromatic heterocycles. The summed E-state index contributed by atoms with van der Waals surface area (Å²) < 4.78 is 0. The SMILES string of the molecule is O=C1[C@@H]2[C@@H](C(=O)N1c1ncc([N+](=O)[O-])s1)[C@H]1C=C[C@H]2C1. The zero-order valence-electron chi connectivity index (χ0n) is 10.1. The number of rotatable bonds is 2. The lowest BCUT2D eigenvalue weighted by atomic mass is 9.85. The molecule has 20 heavy (non-hydrogen) atoms. The zero-order valence-corrected chi connectivity index (χ0v) is 10.9. The number of nitro groups is 1. The number of hydrogen-bond donors (Lipinski definition) is 0. The van der Waals surface area contributed by atoms with Crippen molar-refractivity contribution in [3.8, 4) is 0 Å². The third kappa shape index (κ3) is 1.31. The van der Waals surface area contributed by atoms with E-state index in [1.54, 1.807) is 0 Å². The number of nitrogens with zero attached hydrogens (tertiary/aromatic N) is 3. The summed E-state index contributed by atoms with van der Waals surface area (Å²) in [5.74, 6) is -0.883. The van der Waals surface area contributed by atoms with Gasteiger partial charge in [0.2, 0.25) is 16.9 Å². The molecule has 0 N–H and O–H groups in total. The van der Waals surface area contributed by atoms with Crippen LogP contribution in [0.15, 0.2) is 18.3 Å². The van der Waals surface area contributed by atoms with E-state index in [1.165, 1.54) is 0 Å². The Bertz CT molecular complexity index is 652. The summed E-state index contributed by atoms with van der Waals surface area (Å²) in [6.45, 7) is 0. The van der Waals surface area contributed by atoms with Crippen molar-refractivity contribution in [3.05, 3.63) is 28.5 Å². The van der Waals surface area contributed by atoms with Gasteiger partial charge in [-0.15, -0.1) is 0 Å². The molecule has 2 amide bonds. The summed E-state index contributed by atoms with van der Waals surface area (Å²) >= 11 is 0.761. The highest BCUT2D eigenvalue weighted by atomic mass is 32.1. The van der Waals surface area contributed by atoms with E-state index < -0.39 is 4.92 Å². The van der Waals surface area contributed by atoms with E-state index in [1.807, 2.05) is 12.2 Å². The number of fused-ring (bicyclic) bond motifs is 5. The van der Waals surface area contributed by atoms with Gasteiger partial charge in [-0.2, -0.15) is 0 Å². The van der Waals surface area contributed by atoms with Crippen LogP contribution in [0.3, 0.4) is 0 Å². The summed E-state index contributed by atoms with van der Waals surface area (Å²) in [5.41, 5.74) is 0. The molecule has 1 aromatic rings. The predicted octanol–water partition coefficient (Wildman–Crippen LogP) is 1.36. The summed E-state index contributed by atoms with van der Waals surface area (Å²) in [6, 6.07) is 0. The van der Waals surface area contributed by atoms with Crippen LogP contribution in [0, 0.1) is 33.8 Å². The minimum atomic E-state index is -0.571. The topological polar surface area (TPSA) is 93.4 Å². The Morgan fingerprint density at radius 3 is 2.35 bits per heavy atom. The van der Waals surface area contributed by atoms with Crippen LogP contribution in [0.4, 0.5) is 10.1 Å². The maximum atomic E-state index is 12.4. The first-order valence-electron chi connectivity index (χ1n) is 6.24. The quantitative estimate of drug-likeness (QED) is 0.355. The third-order valence-electron chi connectivity index (χ3n) is 4.32. The molecule has 0 spiro atoms. The Balaban J connectivity index is 1.72. The lowest BCUT2D eigenvalue weighted by Crippen LogP contribution is -2.32. The molecule has 3 aliphatic rings. The summed E-state index contributed by atoms with van der Waals surface area (Å²) in [4.78, 5) is 39.9. The van der Waals surface area contributed by atoms with E-state index in [-0.39, 0.29) is 45.6 Å². The first-order valence-corrected chi connectivity index (χ1v) is 7.06. The lowest BCUT2D eigenvalue weighted by molar-refractivity contribution is -0.380. The van der Waals surface area contributed by atoms with Crippen molar-refractivity contribution >= 4 is 33.3 Å². The van der Waals surface area contributed by atoms with Crippen LogP contribution in [-0.4, -0.2) is 21.7 Å². The van der Waals surface area contributed by atoms with Gasteiger partial charge in [-0.1, -0.05) is 12.2 Å². The molecule has 0 aromatic carbocycles. The lowest BCUT2D eigenvalue weighted by Gasteiger charge is -2.14. The maximum absolute atomic E-state index is 12.4. The molecule has 2 heterocycles. The van der Waals surface area contributed by atoms with Crippen molar-refractivity contribution in [1.82, 2.24) is 4.98 Å². The van der Waals surface area contributed by atoms with Gasteiger partial charge in [0.25, 0.3) is 0 Å². The van der Waals surface area contributed by atoms with E-state index in [4.69, 9.17) is 0 Å². The standard InChI is InChI=1S/C12H9N3O4S/c16-10-8-5-1-2-6(3-5)9(8)11(17)14(10)12-13-4-7(20-12)15(18)19/h1-2,4-6,8-9H,3H2/t5-,6-,8-,9-/m0/s1. The second kappa shape index (κ2) is 3.72. The van der Waals surface area contributed by atoms with E-state index in [9.17, 15) is 19.7 Å². The molecular formula is C12H9N3O4S. The normalized spacial score (nSPS) is 34.1. The van der Waals surface area contributed by atoms with Gasteiger partial charge in [0.1, 0.15) is 6.20 Å². The molecular weight excluding hydrogens is 282 g/mol. The molecule has 2 aliphatic carbocycles. The van der Waals surface area contributed by atoms with Crippen LogP contribution in [0.25, 0.3) is 0 Å². The Morgan fingerprint density at radius 2 is 1.85 bits per heavy atom. The van der Waals surface area contributed by atoms with Crippen LogP contribution in [0.1, 0.15) is 6.42 Å². The smallest absolute Gasteiger partial charge is 0.274 e. The van der Waals surface area contributed by atoms with Crippen molar-refractivity contribution in [2.45, 2.75) is 6.42 Å². The van der Waals surface area contributed by atoms with Gasteiger partial charge in [0.15, 0.2) is 0 Å². The molecule has 4 rings (SSSR count). The van der Waals surface area contributed by atoms with Gasteiger partial charge in [-0.05, 0) is 29.6 Å². The number of amides is 2. The largest absolute Gasteiger partial charge is 0.345 e. The first-order chi connectivity index (χ1) is 9.58. The summed E-state index contributed by atoms with van der Waals surface area (Å²) in [6.07, 6.45) is 5.95. The van der Waals surface area contributed by atoms with Crippen LogP contribution in [0.5, 0.6) is 0 Å². The highest BCUT2D eigenvalue weighted by Gasteiger charge is 2.60. The Kier molecular flexibility index (Phi) is 2.18. The highest BCUT2D eigenvalue weighted by molar-refractivity contribution is 7.19. The van der Waals surface area contributed by atoms with Crippen molar-refractivity contribution < 1.29 is 14.5 Å². The minimum absolute atomic E-state index is 0.112. The highest BCUT2D eigenvalue weighted by Crippen LogP contribution is 2.53. The predicted molar refractivity (Wildman–Crippen MR) is 69.0 cm³/mol. The molecule has 4 atom stereocenters. The number of aromatic nitrogens is 1. The third-order valence-corrected chi connectivity index (χ3v) is 5.26. The van der Waals surface area contributed by atoms with Crippen LogP contribution >= 0.6 is 11.3 Å². The van der Waals surface area contributed by atoms with Crippen molar-refractivity contribution in [1.29, 1.82) is 0 Å². The molecule has 7 nitrogen and oxygen atoms in total. The second-order valence-corrected chi connectivity index (χ2v) is 6.24. The van der Waals surface area contributed by atoms with E-state index in [0.29, 0.717) is 0 Å². The number of imide groups is 1. The maximum Gasteiger partial charge on any atom is 0.345 e. The van der Waals surface area contributed by atoms with Crippen molar-refractivity contribution in [2.24, 2.45) is 23.7 Å². The average molecular weight is 291 g/mol. The molecule has 2 bridgehead atoms. The second-order valence-electron chi connectivity index (χ2n) is 5.25. The fraction of sp³-hybridized carbons (Fsp3) is 0.417. The van der Waals surface area contributed by atoms with E-state index in [2.05, 4.69) is 4.98 Å². The molecule has 2 fully saturated rings. The zero-order chi connectivity index (χ0) is 14.0. The van der Waals surface area contributed by atoms with Gasteiger partial charge >= 0.3 is 5.00 Å². The van der Waals surface area contributed by atoms with Gasteiger partial charge in [-0.25, -0.2) is 9.88 Å². The van der Waals surface area contributed by atoms with E-state index in [0.717, 1.165) is 28.9 Å². The molecule has 0 radical (unpaired) electrons. The van der Waals surface area contributed by atoms with Crippen molar-refractivity contribution in [3.63, 3.8) is 0 Å². The van der Waals surface area contributed by atoms with Crippen molar-refractivity contribution in [2.75, 3.05) is 4.90 Å². The summed E-state index contributed by atoms with van der Waals surface area (Å²) in [7, 11) is 0. The summed E-state index contributed by atoms with van der Waals surface area (Å²) in [5, 5.41) is 10.6. The molecule has 102 valence electrons. The monoisotopic (exact) mass is 291 g/mol. The van der Waals surface area contributed by atoms with E-state index >= 15 is 0 Å². The number of hydrogen-bond acceptors (Lipinski definition) is 6. The molecule has 1 saturated heterocycles. The average Bonchev–Trinajstić information content (AvgIpc) is 3.13. The number of carbonyl (C=O) groups excluding carboxylic acids is 2. The molecule has 1 aliphatic heterocycles. The number of carbonyl (C=O) groups is 2. The minimum Gasteiger partial charge on any atom is -0.274 e. The van der Waals surface area contributed by atoms with Gasteiger partial charge in [0.05, 0.1) is 16.8 Å². The molecule has 1 saturated carbocycles. The molecule has 0 unspecified atom stereocenters. The molecule has 8 heteroatoms. The Labute approximate surface area is 117 Å². The number of anilines is 1. The Morgan fingerprint density at radius 1 is 1.25 bits per heavy atom.